The fourth-order valence-corrected chi connectivity index (χ4v) is 3.90. The van der Waals surface area contributed by atoms with Crippen molar-refractivity contribution in [3.05, 3.63) is 29.1 Å². The summed E-state index contributed by atoms with van der Waals surface area (Å²) in [7, 11) is -3.62. The third kappa shape index (κ3) is 2.80. The molecule has 0 radical (unpaired) electrons. The normalized spacial score (nSPS) is 18.1. The fourth-order valence-electron chi connectivity index (χ4n) is 2.30. The van der Waals surface area contributed by atoms with Crippen molar-refractivity contribution in [2.75, 3.05) is 0 Å². The Morgan fingerprint density at radius 3 is 2.53 bits per heavy atom. The molecule has 1 aliphatic rings. The van der Waals surface area contributed by atoms with Gasteiger partial charge in [0, 0.05) is 17.6 Å². The molecule has 19 heavy (non-hydrogen) atoms. The van der Waals surface area contributed by atoms with Crippen LogP contribution in [0.3, 0.4) is 0 Å². The summed E-state index contributed by atoms with van der Waals surface area (Å²) < 4.78 is 41.0. The fraction of sp³-hybridized carbons (Fsp3) is 0.538. The van der Waals surface area contributed by atoms with Crippen LogP contribution in [-0.4, -0.2) is 14.0 Å². The maximum absolute atomic E-state index is 13.7. The van der Waals surface area contributed by atoms with Gasteiger partial charge >= 0.3 is 0 Å². The van der Waals surface area contributed by atoms with Crippen LogP contribution in [-0.2, 0) is 16.6 Å². The van der Waals surface area contributed by atoms with Crippen LogP contribution in [0.15, 0.2) is 17.0 Å². The van der Waals surface area contributed by atoms with Crippen LogP contribution in [0, 0.1) is 12.7 Å². The summed E-state index contributed by atoms with van der Waals surface area (Å²) in [5.41, 5.74) is 5.59. The minimum absolute atomic E-state index is 0.0205. The van der Waals surface area contributed by atoms with Gasteiger partial charge in [0.25, 0.3) is 0 Å². The van der Waals surface area contributed by atoms with Crippen LogP contribution in [0.1, 0.15) is 37.3 Å². The molecule has 1 saturated carbocycles. The second-order valence-corrected chi connectivity index (χ2v) is 7.12. The molecule has 0 aromatic heterocycles. The number of sulfonamides is 1. The van der Waals surface area contributed by atoms with E-state index in [0.717, 1.165) is 19.3 Å². The highest BCUT2D eigenvalue weighted by atomic mass is 32.2. The molecule has 1 aromatic carbocycles. The van der Waals surface area contributed by atoms with E-state index in [-0.39, 0.29) is 22.5 Å². The van der Waals surface area contributed by atoms with Crippen molar-refractivity contribution in [2.45, 2.75) is 50.1 Å². The van der Waals surface area contributed by atoms with Crippen LogP contribution in [0.2, 0.25) is 0 Å². The van der Waals surface area contributed by atoms with Gasteiger partial charge in [-0.2, -0.15) is 0 Å². The Labute approximate surface area is 113 Å². The topological polar surface area (TPSA) is 72.2 Å². The van der Waals surface area contributed by atoms with Gasteiger partial charge in [-0.25, -0.2) is 17.5 Å². The van der Waals surface area contributed by atoms with E-state index in [2.05, 4.69) is 4.72 Å². The summed E-state index contributed by atoms with van der Waals surface area (Å²) in [5.74, 6) is -0.434. The molecular formula is C13H19FN2O2S. The van der Waals surface area contributed by atoms with Crippen molar-refractivity contribution in [2.24, 2.45) is 5.73 Å². The molecule has 0 aliphatic heterocycles. The third-order valence-electron chi connectivity index (χ3n) is 3.67. The zero-order valence-corrected chi connectivity index (χ0v) is 12.0. The Morgan fingerprint density at radius 1 is 1.42 bits per heavy atom. The maximum Gasteiger partial charge on any atom is 0.241 e. The third-order valence-corrected chi connectivity index (χ3v) is 5.29. The average molecular weight is 286 g/mol. The van der Waals surface area contributed by atoms with Gasteiger partial charge < -0.3 is 5.73 Å². The molecule has 0 spiro atoms. The highest BCUT2D eigenvalue weighted by Gasteiger charge is 2.36. The summed E-state index contributed by atoms with van der Waals surface area (Å²) >= 11 is 0. The van der Waals surface area contributed by atoms with Crippen molar-refractivity contribution in [1.29, 1.82) is 0 Å². The lowest BCUT2D eigenvalue weighted by Crippen LogP contribution is -2.50. The van der Waals surface area contributed by atoms with Gasteiger partial charge in [0.15, 0.2) is 0 Å². The molecule has 2 rings (SSSR count). The number of hydrogen-bond donors (Lipinski definition) is 2. The summed E-state index contributed by atoms with van der Waals surface area (Å²) in [5, 5.41) is 0. The van der Waals surface area contributed by atoms with E-state index in [1.54, 1.807) is 6.92 Å². The zero-order valence-electron chi connectivity index (χ0n) is 11.2. The number of halogens is 1. The monoisotopic (exact) mass is 286 g/mol. The van der Waals surface area contributed by atoms with Crippen molar-refractivity contribution >= 4 is 10.0 Å². The summed E-state index contributed by atoms with van der Waals surface area (Å²) in [6.45, 7) is 3.40. The second-order valence-electron chi connectivity index (χ2n) is 5.44. The Balaban J connectivity index is 2.37. The molecule has 1 fully saturated rings. The zero-order chi connectivity index (χ0) is 14.3. The van der Waals surface area contributed by atoms with Gasteiger partial charge in [-0.05, 0) is 50.8 Å². The van der Waals surface area contributed by atoms with Crippen LogP contribution in [0.5, 0.6) is 0 Å². The predicted octanol–water partition coefficient (Wildman–Crippen LogP) is 1.81. The van der Waals surface area contributed by atoms with Crippen LogP contribution in [0.4, 0.5) is 4.39 Å². The second kappa shape index (κ2) is 4.85. The molecule has 0 saturated heterocycles. The number of benzene rings is 1. The largest absolute Gasteiger partial charge is 0.326 e. The molecule has 1 aromatic rings. The van der Waals surface area contributed by atoms with Gasteiger partial charge in [0.05, 0.1) is 4.90 Å². The number of nitrogens with one attached hydrogen (secondary N) is 1. The molecule has 0 unspecified atom stereocenters. The first-order chi connectivity index (χ1) is 8.77. The minimum Gasteiger partial charge on any atom is -0.326 e. The molecule has 1 aliphatic carbocycles. The van der Waals surface area contributed by atoms with Crippen LogP contribution >= 0.6 is 0 Å². The molecule has 0 bridgehead atoms. The highest BCUT2D eigenvalue weighted by molar-refractivity contribution is 7.89. The smallest absolute Gasteiger partial charge is 0.241 e. The number of hydrogen-bond acceptors (Lipinski definition) is 3. The molecule has 4 nitrogen and oxygen atoms in total. The van der Waals surface area contributed by atoms with Gasteiger partial charge in [-0.3, -0.25) is 0 Å². The SMILES string of the molecule is Cc1cc(S(=O)(=O)NC2(C)CCC2)cc(CN)c1F. The molecule has 6 heteroatoms. The molecule has 106 valence electrons. The number of rotatable bonds is 4. The van der Waals surface area contributed by atoms with E-state index in [9.17, 15) is 12.8 Å². The Kier molecular flexibility index (Phi) is 3.68. The standard InChI is InChI=1S/C13H19FN2O2S/c1-9-6-11(7-10(8-15)12(9)14)19(17,18)16-13(2)4-3-5-13/h6-7,16H,3-5,8,15H2,1-2H3. The van der Waals surface area contributed by atoms with E-state index < -0.39 is 15.8 Å². The number of aryl methyl sites for hydroxylation is 1. The first-order valence-electron chi connectivity index (χ1n) is 6.30. The van der Waals surface area contributed by atoms with E-state index in [1.165, 1.54) is 12.1 Å². The van der Waals surface area contributed by atoms with E-state index in [4.69, 9.17) is 5.73 Å². The first-order valence-corrected chi connectivity index (χ1v) is 7.79. The van der Waals surface area contributed by atoms with Crippen molar-refractivity contribution in [3.8, 4) is 0 Å². The van der Waals surface area contributed by atoms with Gasteiger partial charge in [0.2, 0.25) is 10.0 Å². The predicted molar refractivity (Wildman–Crippen MR) is 71.6 cm³/mol. The molecule has 0 atom stereocenters. The minimum atomic E-state index is -3.62. The lowest BCUT2D eigenvalue weighted by Gasteiger charge is -2.38. The first kappa shape index (κ1) is 14.4. The summed E-state index contributed by atoms with van der Waals surface area (Å²) in [6.07, 6.45) is 2.68. The van der Waals surface area contributed by atoms with E-state index >= 15 is 0 Å². The van der Waals surface area contributed by atoms with Crippen molar-refractivity contribution in [3.63, 3.8) is 0 Å². The van der Waals surface area contributed by atoms with Crippen LogP contribution < -0.4 is 10.5 Å². The number of nitrogens with two attached hydrogens (primary N) is 1. The van der Waals surface area contributed by atoms with Crippen molar-refractivity contribution < 1.29 is 12.8 Å². The van der Waals surface area contributed by atoms with Gasteiger partial charge in [-0.15, -0.1) is 0 Å². The van der Waals surface area contributed by atoms with E-state index in [0.29, 0.717) is 5.56 Å². The Bertz CT molecular complexity index is 595. The molecule has 0 amide bonds. The molecule has 3 N–H and O–H groups in total. The quantitative estimate of drug-likeness (QED) is 0.886. The summed E-state index contributed by atoms with van der Waals surface area (Å²) in [4.78, 5) is 0.0833. The van der Waals surface area contributed by atoms with E-state index in [1.807, 2.05) is 6.92 Å². The Hall–Kier alpha value is -0.980. The van der Waals surface area contributed by atoms with Gasteiger partial charge in [0.1, 0.15) is 5.82 Å². The summed E-state index contributed by atoms with van der Waals surface area (Å²) in [6, 6.07) is 2.66. The molecule has 0 heterocycles. The van der Waals surface area contributed by atoms with Crippen molar-refractivity contribution in [1.82, 2.24) is 4.72 Å². The maximum atomic E-state index is 13.7. The van der Waals surface area contributed by atoms with Crippen LogP contribution in [0.25, 0.3) is 0 Å². The lowest BCUT2D eigenvalue weighted by molar-refractivity contribution is 0.248. The van der Waals surface area contributed by atoms with Gasteiger partial charge in [-0.1, -0.05) is 0 Å². The highest BCUT2D eigenvalue weighted by Crippen LogP contribution is 2.33. The lowest BCUT2D eigenvalue weighted by atomic mass is 9.80. The molecular weight excluding hydrogens is 267 g/mol. The Morgan fingerprint density at radius 2 is 2.05 bits per heavy atom. The average Bonchev–Trinajstić information content (AvgIpc) is 2.29.